The molecule has 0 radical (unpaired) electrons. The van der Waals surface area contributed by atoms with Crippen LogP contribution in [0, 0.1) is 0 Å². The summed E-state index contributed by atoms with van der Waals surface area (Å²) in [5.41, 5.74) is 1.23. The molecular formula is C10H12N2. The fraction of sp³-hybridized carbons (Fsp3) is 0.200. The van der Waals surface area contributed by atoms with Crippen molar-refractivity contribution < 1.29 is 0 Å². The highest BCUT2D eigenvalue weighted by Gasteiger charge is 2.01. The van der Waals surface area contributed by atoms with Crippen molar-refractivity contribution in [3.8, 4) is 0 Å². The first kappa shape index (κ1) is 7.22. The first-order chi connectivity index (χ1) is 5.95. The van der Waals surface area contributed by atoms with Crippen LogP contribution in [0.2, 0.25) is 0 Å². The van der Waals surface area contributed by atoms with Crippen LogP contribution >= 0.6 is 0 Å². The molecule has 2 N–H and O–H groups in total. The minimum Gasteiger partial charge on any atom is -0.370 e. The molecule has 0 spiro atoms. The van der Waals surface area contributed by atoms with E-state index in [0.717, 1.165) is 18.9 Å². The number of benzene rings is 1. The second-order valence-electron chi connectivity index (χ2n) is 2.82. The van der Waals surface area contributed by atoms with Gasteiger partial charge in [-0.15, -0.1) is 0 Å². The fourth-order valence-corrected chi connectivity index (χ4v) is 1.27. The maximum Gasteiger partial charge on any atom is 0.0993 e. The van der Waals surface area contributed by atoms with E-state index in [1.165, 1.54) is 5.56 Å². The van der Waals surface area contributed by atoms with Gasteiger partial charge >= 0.3 is 0 Å². The lowest BCUT2D eigenvalue weighted by molar-refractivity contribution is 0.942. The zero-order chi connectivity index (χ0) is 8.23. The average molecular weight is 160 g/mol. The molecule has 2 rings (SSSR count). The summed E-state index contributed by atoms with van der Waals surface area (Å²) in [6.45, 7) is 2.05. The monoisotopic (exact) mass is 160 g/mol. The number of nitrogens with one attached hydrogen (secondary N) is 2. The van der Waals surface area contributed by atoms with Crippen LogP contribution in [0.5, 0.6) is 0 Å². The van der Waals surface area contributed by atoms with Gasteiger partial charge in [-0.25, -0.2) is 0 Å². The van der Waals surface area contributed by atoms with E-state index in [2.05, 4.69) is 28.8 Å². The summed E-state index contributed by atoms with van der Waals surface area (Å²) in [4.78, 5) is 0. The topological polar surface area (TPSA) is 24.1 Å². The SMILES string of the molecule is C(=C1NCCN1)c1ccccc1. The van der Waals surface area contributed by atoms with E-state index in [9.17, 15) is 0 Å². The van der Waals surface area contributed by atoms with Crippen LogP contribution in [0.4, 0.5) is 0 Å². The van der Waals surface area contributed by atoms with Crippen molar-refractivity contribution in [3.05, 3.63) is 41.7 Å². The average Bonchev–Trinajstić information content (AvgIpc) is 2.59. The molecule has 0 saturated carbocycles. The van der Waals surface area contributed by atoms with Crippen LogP contribution in [0.1, 0.15) is 5.56 Å². The summed E-state index contributed by atoms with van der Waals surface area (Å²) in [5.74, 6) is 1.13. The van der Waals surface area contributed by atoms with Crippen molar-refractivity contribution in [2.75, 3.05) is 13.1 Å². The molecule has 0 aliphatic carbocycles. The summed E-state index contributed by atoms with van der Waals surface area (Å²) < 4.78 is 0. The lowest BCUT2D eigenvalue weighted by Crippen LogP contribution is -2.08. The Hall–Kier alpha value is -1.44. The lowest BCUT2D eigenvalue weighted by atomic mass is 10.2. The third-order valence-corrected chi connectivity index (χ3v) is 1.87. The van der Waals surface area contributed by atoms with E-state index in [1.54, 1.807) is 0 Å². The Morgan fingerprint density at radius 1 is 1.00 bits per heavy atom. The first-order valence-corrected chi connectivity index (χ1v) is 4.20. The number of hydrogen-bond donors (Lipinski definition) is 2. The molecule has 0 atom stereocenters. The molecule has 1 fully saturated rings. The second kappa shape index (κ2) is 3.30. The van der Waals surface area contributed by atoms with Gasteiger partial charge in [0, 0.05) is 13.1 Å². The number of rotatable bonds is 1. The standard InChI is InChI=1S/C10H12N2/c1-2-4-9(5-3-1)8-10-11-6-7-12-10/h1-5,8,11-12H,6-7H2. The molecule has 0 aromatic heterocycles. The van der Waals surface area contributed by atoms with Crippen molar-refractivity contribution in [2.24, 2.45) is 0 Å². The van der Waals surface area contributed by atoms with Crippen LogP contribution in [0.3, 0.4) is 0 Å². The molecule has 1 aromatic carbocycles. The van der Waals surface area contributed by atoms with Gasteiger partial charge < -0.3 is 10.6 Å². The van der Waals surface area contributed by atoms with Crippen molar-refractivity contribution in [3.63, 3.8) is 0 Å². The van der Waals surface area contributed by atoms with Crippen LogP contribution in [0.15, 0.2) is 36.2 Å². The lowest BCUT2D eigenvalue weighted by Gasteiger charge is -1.98. The second-order valence-corrected chi connectivity index (χ2v) is 2.82. The molecule has 0 bridgehead atoms. The van der Waals surface area contributed by atoms with Gasteiger partial charge in [0.1, 0.15) is 0 Å². The van der Waals surface area contributed by atoms with E-state index in [1.807, 2.05) is 18.2 Å². The highest BCUT2D eigenvalue weighted by Crippen LogP contribution is 2.03. The summed E-state index contributed by atoms with van der Waals surface area (Å²) in [5, 5.41) is 6.51. The molecule has 2 nitrogen and oxygen atoms in total. The Labute approximate surface area is 72.3 Å². The molecule has 1 heterocycles. The van der Waals surface area contributed by atoms with Gasteiger partial charge in [0.2, 0.25) is 0 Å². The Morgan fingerprint density at radius 2 is 1.67 bits per heavy atom. The fourth-order valence-electron chi connectivity index (χ4n) is 1.27. The smallest absolute Gasteiger partial charge is 0.0993 e. The van der Waals surface area contributed by atoms with E-state index >= 15 is 0 Å². The van der Waals surface area contributed by atoms with Gasteiger partial charge in [0.15, 0.2) is 0 Å². The predicted molar refractivity (Wildman–Crippen MR) is 50.4 cm³/mol. The van der Waals surface area contributed by atoms with Crippen LogP contribution in [0.25, 0.3) is 6.08 Å². The Morgan fingerprint density at radius 3 is 2.33 bits per heavy atom. The van der Waals surface area contributed by atoms with Crippen LogP contribution < -0.4 is 10.6 Å². The highest BCUT2D eigenvalue weighted by molar-refractivity contribution is 5.51. The molecule has 1 aliphatic rings. The summed E-state index contributed by atoms with van der Waals surface area (Å²) >= 11 is 0. The normalized spacial score (nSPS) is 15.2. The van der Waals surface area contributed by atoms with E-state index in [4.69, 9.17) is 0 Å². The maximum absolute atomic E-state index is 3.26. The Kier molecular flexibility index (Phi) is 1.99. The predicted octanol–water partition coefficient (Wildman–Crippen LogP) is 1.18. The Bertz CT molecular complexity index is 269. The van der Waals surface area contributed by atoms with Gasteiger partial charge in [0.05, 0.1) is 5.82 Å². The third-order valence-electron chi connectivity index (χ3n) is 1.87. The van der Waals surface area contributed by atoms with E-state index in [0.29, 0.717) is 0 Å². The van der Waals surface area contributed by atoms with Gasteiger partial charge in [-0.3, -0.25) is 0 Å². The first-order valence-electron chi connectivity index (χ1n) is 4.20. The van der Waals surface area contributed by atoms with Gasteiger partial charge in [-0.1, -0.05) is 30.3 Å². The molecule has 2 heteroatoms. The van der Waals surface area contributed by atoms with E-state index < -0.39 is 0 Å². The van der Waals surface area contributed by atoms with Crippen molar-refractivity contribution in [1.29, 1.82) is 0 Å². The molecular weight excluding hydrogens is 148 g/mol. The quantitative estimate of drug-likeness (QED) is 0.644. The van der Waals surface area contributed by atoms with Crippen molar-refractivity contribution in [2.45, 2.75) is 0 Å². The Balaban J connectivity index is 2.16. The van der Waals surface area contributed by atoms with Crippen LogP contribution in [-0.4, -0.2) is 13.1 Å². The summed E-state index contributed by atoms with van der Waals surface area (Å²) in [6, 6.07) is 10.3. The highest BCUT2D eigenvalue weighted by atomic mass is 15.2. The maximum atomic E-state index is 3.26. The van der Waals surface area contributed by atoms with E-state index in [-0.39, 0.29) is 0 Å². The van der Waals surface area contributed by atoms with Gasteiger partial charge in [-0.05, 0) is 11.6 Å². The largest absolute Gasteiger partial charge is 0.370 e. The summed E-state index contributed by atoms with van der Waals surface area (Å²) in [7, 11) is 0. The molecule has 1 saturated heterocycles. The minimum absolute atomic E-state index is 1.03. The zero-order valence-corrected chi connectivity index (χ0v) is 6.88. The third kappa shape index (κ3) is 1.59. The minimum atomic E-state index is 1.03. The van der Waals surface area contributed by atoms with Gasteiger partial charge in [0.25, 0.3) is 0 Å². The van der Waals surface area contributed by atoms with Gasteiger partial charge in [-0.2, -0.15) is 0 Å². The molecule has 1 aromatic rings. The number of hydrogen-bond acceptors (Lipinski definition) is 2. The molecule has 1 aliphatic heterocycles. The van der Waals surface area contributed by atoms with Crippen molar-refractivity contribution >= 4 is 6.08 Å². The molecule has 0 amide bonds. The summed E-state index contributed by atoms with van der Waals surface area (Å²) in [6.07, 6.45) is 2.12. The molecule has 0 unspecified atom stereocenters. The molecule has 62 valence electrons. The van der Waals surface area contributed by atoms with Crippen molar-refractivity contribution in [1.82, 2.24) is 10.6 Å². The molecule has 12 heavy (non-hydrogen) atoms. The zero-order valence-electron chi connectivity index (χ0n) is 6.88. The van der Waals surface area contributed by atoms with Crippen LogP contribution in [-0.2, 0) is 0 Å².